The van der Waals surface area contributed by atoms with Crippen LogP contribution in [0, 0.1) is 22.7 Å². The molecule has 0 aliphatic heterocycles. The molecular weight excluding hydrogens is 230 g/mol. The van der Waals surface area contributed by atoms with Crippen LogP contribution in [0.2, 0.25) is 0 Å². The van der Waals surface area contributed by atoms with Gasteiger partial charge in [-0.3, -0.25) is 0 Å². The van der Waals surface area contributed by atoms with Crippen LogP contribution in [0.5, 0.6) is 0 Å². The molecule has 5 unspecified atom stereocenters. The molecule has 19 heavy (non-hydrogen) atoms. The summed E-state index contributed by atoms with van der Waals surface area (Å²) in [5.41, 5.74) is 1.10. The predicted molar refractivity (Wildman–Crippen MR) is 82.2 cm³/mol. The van der Waals surface area contributed by atoms with Crippen molar-refractivity contribution in [1.29, 1.82) is 0 Å². The summed E-state index contributed by atoms with van der Waals surface area (Å²) in [6.07, 6.45) is 11.6. The van der Waals surface area contributed by atoms with Gasteiger partial charge < -0.3 is 5.32 Å². The van der Waals surface area contributed by atoms with E-state index in [1.54, 1.807) is 0 Å². The van der Waals surface area contributed by atoms with Crippen LogP contribution < -0.4 is 5.32 Å². The molecule has 0 aromatic carbocycles. The second kappa shape index (κ2) is 4.76. The van der Waals surface area contributed by atoms with E-state index < -0.39 is 0 Å². The first kappa shape index (κ1) is 13.9. The number of nitrogens with one attached hydrogen (secondary N) is 1. The van der Waals surface area contributed by atoms with Crippen molar-refractivity contribution in [2.75, 3.05) is 0 Å². The molecule has 0 spiro atoms. The van der Waals surface area contributed by atoms with Crippen LogP contribution in [0.4, 0.5) is 0 Å². The average molecular weight is 263 g/mol. The van der Waals surface area contributed by atoms with Crippen molar-refractivity contribution in [2.24, 2.45) is 22.7 Å². The van der Waals surface area contributed by atoms with E-state index in [-0.39, 0.29) is 0 Å². The molecule has 3 aliphatic rings. The lowest BCUT2D eigenvalue weighted by Gasteiger charge is -2.47. The fraction of sp³-hybridized carbons (Fsp3) is 1.00. The largest absolute Gasteiger partial charge is 0.310 e. The maximum atomic E-state index is 4.18. The molecule has 3 aliphatic carbocycles. The van der Waals surface area contributed by atoms with Gasteiger partial charge in [0.25, 0.3) is 0 Å². The van der Waals surface area contributed by atoms with Crippen LogP contribution in [-0.4, -0.2) is 12.1 Å². The van der Waals surface area contributed by atoms with Crippen molar-refractivity contribution in [3.05, 3.63) is 0 Å². The quantitative estimate of drug-likeness (QED) is 0.774. The van der Waals surface area contributed by atoms with Crippen molar-refractivity contribution in [1.82, 2.24) is 5.32 Å². The minimum atomic E-state index is 0.517. The lowest BCUT2D eigenvalue weighted by Crippen LogP contribution is -2.55. The van der Waals surface area contributed by atoms with E-state index in [2.05, 4.69) is 33.0 Å². The summed E-state index contributed by atoms with van der Waals surface area (Å²) in [7, 11) is 0. The molecule has 0 saturated heterocycles. The second-order valence-electron chi connectivity index (χ2n) is 8.57. The molecule has 110 valence electrons. The van der Waals surface area contributed by atoms with Gasteiger partial charge in [-0.05, 0) is 54.8 Å². The smallest absolute Gasteiger partial charge is 0.0177 e. The molecule has 0 aromatic rings. The van der Waals surface area contributed by atoms with Crippen LogP contribution >= 0.6 is 0 Å². The molecule has 0 heterocycles. The molecular formula is C18H33N. The highest BCUT2D eigenvalue weighted by Gasteiger charge is 2.59. The molecule has 3 fully saturated rings. The summed E-state index contributed by atoms with van der Waals surface area (Å²) < 4.78 is 0. The van der Waals surface area contributed by atoms with Gasteiger partial charge in [0.05, 0.1) is 0 Å². The van der Waals surface area contributed by atoms with Gasteiger partial charge in [-0.1, -0.05) is 47.0 Å². The predicted octanol–water partition coefficient (Wildman–Crippen LogP) is 4.76. The van der Waals surface area contributed by atoms with E-state index in [1.807, 2.05) is 0 Å². The van der Waals surface area contributed by atoms with Crippen LogP contribution in [-0.2, 0) is 0 Å². The Morgan fingerprint density at radius 2 is 1.79 bits per heavy atom. The van der Waals surface area contributed by atoms with Gasteiger partial charge in [-0.15, -0.1) is 0 Å². The summed E-state index contributed by atoms with van der Waals surface area (Å²) in [5, 5.41) is 4.18. The summed E-state index contributed by atoms with van der Waals surface area (Å²) in [4.78, 5) is 0. The number of rotatable bonds is 3. The molecule has 0 amide bonds. The second-order valence-corrected chi connectivity index (χ2v) is 8.57. The minimum absolute atomic E-state index is 0.517. The number of hydrogen-bond donors (Lipinski definition) is 1. The van der Waals surface area contributed by atoms with E-state index in [1.165, 1.54) is 51.4 Å². The van der Waals surface area contributed by atoms with Crippen molar-refractivity contribution >= 4 is 0 Å². The monoisotopic (exact) mass is 263 g/mol. The zero-order chi connectivity index (χ0) is 13.7. The molecule has 2 bridgehead atoms. The number of hydrogen-bond acceptors (Lipinski definition) is 1. The van der Waals surface area contributed by atoms with E-state index >= 15 is 0 Å². The topological polar surface area (TPSA) is 12.0 Å². The fourth-order valence-electron chi connectivity index (χ4n) is 5.85. The maximum absolute atomic E-state index is 4.18. The van der Waals surface area contributed by atoms with Gasteiger partial charge >= 0.3 is 0 Å². The molecule has 1 heteroatoms. The zero-order valence-corrected chi connectivity index (χ0v) is 13.5. The summed E-state index contributed by atoms with van der Waals surface area (Å²) in [6, 6.07) is 1.56. The summed E-state index contributed by atoms with van der Waals surface area (Å²) >= 11 is 0. The minimum Gasteiger partial charge on any atom is -0.310 e. The lowest BCUT2D eigenvalue weighted by atomic mass is 9.67. The van der Waals surface area contributed by atoms with Gasteiger partial charge in [0.1, 0.15) is 0 Å². The average Bonchev–Trinajstić information content (AvgIpc) is 2.86. The van der Waals surface area contributed by atoms with E-state index in [4.69, 9.17) is 0 Å². The Labute approximate surface area is 119 Å². The van der Waals surface area contributed by atoms with Crippen molar-refractivity contribution < 1.29 is 0 Å². The van der Waals surface area contributed by atoms with E-state index in [9.17, 15) is 0 Å². The normalized spacial score (nSPS) is 48.6. The van der Waals surface area contributed by atoms with Gasteiger partial charge in [0.15, 0.2) is 0 Å². The highest BCUT2D eigenvalue weighted by molar-refractivity contribution is 5.12. The summed E-state index contributed by atoms with van der Waals surface area (Å²) in [5.74, 6) is 1.91. The first-order chi connectivity index (χ1) is 8.97. The van der Waals surface area contributed by atoms with Crippen molar-refractivity contribution in [3.63, 3.8) is 0 Å². The Balaban J connectivity index is 1.75. The van der Waals surface area contributed by atoms with Crippen molar-refractivity contribution in [2.45, 2.75) is 91.1 Å². The fourth-order valence-corrected chi connectivity index (χ4v) is 5.85. The molecule has 5 atom stereocenters. The molecule has 3 rings (SSSR count). The molecule has 3 saturated carbocycles. The Bertz CT molecular complexity index is 330. The third-order valence-electron chi connectivity index (χ3n) is 7.08. The Morgan fingerprint density at radius 3 is 2.42 bits per heavy atom. The standard InChI is InChI=1S/C18H33N/c1-5-13-8-6-7-9-15(13)19-16-17(2,3)14-10-11-18(16,4)12-14/h13-16,19H,5-12H2,1-4H3. The van der Waals surface area contributed by atoms with Crippen LogP contribution in [0.25, 0.3) is 0 Å². The lowest BCUT2D eigenvalue weighted by molar-refractivity contribution is 0.0798. The number of fused-ring (bicyclic) bond motifs is 2. The van der Waals surface area contributed by atoms with Gasteiger partial charge in [0, 0.05) is 12.1 Å². The molecule has 0 aromatic heterocycles. The molecule has 1 N–H and O–H groups in total. The Hall–Kier alpha value is -0.0400. The summed E-state index contributed by atoms with van der Waals surface area (Å²) in [6.45, 7) is 10.0. The highest BCUT2D eigenvalue weighted by atomic mass is 15.0. The van der Waals surface area contributed by atoms with Crippen LogP contribution in [0.3, 0.4) is 0 Å². The van der Waals surface area contributed by atoms with Gasteiger partial charge in [-0.25, -0.2) is 0 Å². The van der Waals surface area contributed by atoms with Gasteiger partial charge in [-0.2, -0.15) is 0 Å². The van der Waals surface area contributed by atoms with Crippen LogP contribution in [0.15, 0.2) is 0 Å². The zero-order valence-electron chi connectivity index (χ0n) is 13.5. The van der Waals surface area contributed by atoms with Gasteiger partial charge in [0.2, 0.25) is 0 Å². The van der Waals surface area contributed by atoms with E-state index in [0.717, 1.165) is 23.9 Å². The molecule has 1 nitrogen and oxygen atoms in total. The third kappa shape index (κ3) is 2.17. The van der Waals surface area contributed by atoms with E-state index in [0.29, 0.717) is 10.8 Å². The highest BCUT2D eigenvalue weighted by Crippen LogP contribution is 2.62. The third-order valence-corrected chi connectivity index (χ3v) is 7.08. The van der Waals surface area contributed by atoms with Crippen LogP contribution in [0.1, 0.15) is 79.1 Å². The Kier molecular flexibility index (Phi) is 3.48. The Morgan fingerprint density at radius 1 is 1.05 bits per heavy atom. The first-order valence-corrected chi connectivity index (χ1v) is 8.73. The maximum Gasteiger partial charge on any atom is 0.0177 e. The molecule has 0 radical (unpaired) electrons. The van der Waals surface area contributed by atoms with Crippen molar-refractivity contribution in [3.8, 4) is 0 Å². The first-order valence-electron chi connectivity index (χ1n) is 8.73. The SMILES string of the molecule is CCC1CCCCC1NC1C2(C)CCC(C2)C1(C)C.